The average molecular weight is 435 g/mol. The standard InChI is InChI=1S/C27H34N2O3/c1-31-23-11-9-20(10-12-23)19-29-15-13-27(14-16-29)18-21(17-26(30)28-22-5-4-6-22)24-7-2-3-8-25(24)32-27/h2-3,7-12,21-22H,4-6,13-19H2,1H3,(H,28,30)/t21-/m0/s1. The molecular formula is C27H34N2O3. The molecule has 1 saturated carbocycles. The zero-order chi connectivity index (χ0) is 22.0. The lowest BCUT2D eigenvalue weighted by Gasteiger charge is -2.47. The maximum Gasteiger partial charge on any atom is 0.220 e. The third kappa shape index (κ3) is 4.63. The molecule has 0 unspecified atom stereocenters. The van der Waals surface area contributed by atoms with Crippen LogP contribution in [-0.2, 0) is 11.3 Å². The summed E-state index contributed by atoms with van der Waals surface area (Å²) < 4.78 is 11.9. The number of para-hydroxylation sites is 1. The summed E-state index contributed by atoms with van der Waals surface area (Å²) in [6.07, 6.45) is 6.98. The molecule has 1 atom stereocenters. The summed E-state index contributed by atoms with van der Waals surface area (Å²) in [5, 5.41) is 3.23. The molecule has 0 aromatic heterocycles. The fourth-order valence-corrected chi connectivity index (χ4v) is 5.40. The quantitative estimate of drug-likeness (QED) is 0.719. The van der Waals surface area contributed by atoms with Crippen molar-refractivity contribution in [1.82, 2.24) is 10.2 Å². The first-order chi connectivity index (χ1) is 15.6. The van der Waals surface area contributed by atoms with Gasteiger partial charge in [0.15, 0.2) is 0 Å². The molecule has 1 N–H and O–H groups in total. The first kappa shape index (κ1) is 21.3. The lowest BCUT2D eigenvalue weighted by Crippen LogP contribution is -2.50. The number of nitrogens with one attached hydrogen (secondary N) is 1. The van der Waals surface area contributed by atoms with Gasteiger partial charge in [-0.25, -0.2) is 0 Å². The second-order valence-corrected chi connectivity index (χ2v) is 9.75. The molecule has 5 nitrogen and oxygen atoms in total. The van der Waals surface area contributed by atoms with Crippen molar-refractivity contribution in [2.24, 2.45) is 0 Å². The maximum atomic E-state index is 12.7. The van der Waals surface area contributed by atoms with Crippen molar-refractivity contribution in [3.63, 3.8) is 0 Å². The summed E-state index contributed by atoms with van der Waals surface area (Å²) in [4.78, 5) is 15.2. The molecule has 1 amide bonds. The van der Waals surface area contributed by atoms with Gasteiger partial charge in [0.05, 0.1) is 7.11 Å². The van der Waals surface area contributed by atoms with Crippen LogP contribution in [0.4, 0.5) is 0 Å². The number of amides is 1. The number of methoxy groups -OCH3 is 1. The van der Waals surface area contributed by atoms with Gasteiger partial charge in [-0.2, -0.15) is 0 Å². The van der Waals surface area contributed by atoms with Gasteiger partial charge in [0.25, 0.3) is 0 Å². The number of likely N-dealkylation sites (tertiary alicyclic amines) is 1. The van der Waals surface area contributed by atoms with Crippen LogP contribution in [0.1, 0.15) is 62.0 Å². The number of hydrogen-bond acceptors (Lipinski definition) is 4. The van der Waals surface area contributed by atoms with Gasteiger partial charge in [-0.3, -0.25) is 9.69 Å². The maximum absolute atomic E-state index is 12.7. The van der Waals surface area contributed by atoms with E-state index in [1.54, 1.807) is 7.11 Å². The van der Waals surface area contributed by atoms with Crippen LogP contribution >= 0.6 is 0 Å². The normalized spacial score (nSPS) is 22.5. The van der Waals surface area contributed by atoms with Gasteiger partial charge in [-0.05, 0) is 67.9 Å². The van der Waals surface area contributed by atoms with Crippen molar-refractivity contribution < 1.29 is 14.3 Å². The highest BCUT2D eigenvalue weighted by Crippen LogP contribution is 2.46. The van der Waals surface area contributed by atoms with Crippen molar-refractivity contribution in [3.8, 4) is 11.5 Å². The molecule has 0 bridgehead atoms. The van der Waals surface area contributed by atoms with Gasteiger partial charge in [0.1, 0.15) is 17.1 Å². The van der Waals surface area contributed by atoms with Crippen LogP contribution in [0, 0.1) is 0 Å². The molecule has 5 rings (SSSR count). The zero-order valence-electron chi connectivity index (χ0n) is 19.0. The van der Waals surface area contributed by atoms with E-state index in [0.717, 1.165) is 63.2 Å². The SMILES string of the molecule is COc1ccc(CN2CCC3(CC2)C[C@H](CC(=O)NC2CCC2)c2ccccc2O3)cc1. The Kier molecular flexibility index (Phi) is 6.09. The summed E-state index contributed by atoms with van der Waals surface area (Å²) in [5.41, 5.74) is 2.34. The molecule has 2 fully saturated rings. The van der Waals surface area contributed by atoms with Crippen LogP contribution in [0.25, 0.3) is 0 Å². The van der Waals surface area contributed by atoms with Crippen molar-refractivity contribution in [1.29, 1.82) is 0 Å². The first-order valence-corrected chi connectivity index (χ1v) is 12.1. The van der Waals surface area contributed by atoms with Crippen LogP contribution in [0.15, 0.2) is 48.5 Å². The highest BCUT2D eigenvalue weighted by atomic mass is 16.5. The number of fused-ring (bicyclic) bond motifs is 1. The van der Waals surface area contributed by atoms with Crippen LogP contribution < -0.4 is 14.8 Å². The topological polar surface area (TPSA) is 50.8 Å². The van der Waals surface area contributed by atoms with Crippen LogP contribution in [0.3, 0.4) is 0 Å². The number of carbonyl (C=O) groups is 1. The van der Waals surface area contributed by atoms with Crippen LogP contribution in [0.2, 0.25) is 0 Å². The van der Waals surface area contributed by atoms with Gasteiger partial charge in [-0.1, -0.05) is 30.3 Å². The minimum atomic E-state index is -0.161. The van der Waals surface area contributed by atoms with E-state index in [4.69, 9.17) is 9.47 Å². The number of ether oxygens (including phenoxy) is 2. The highest BCUT2D eigenvalue weighted by molar-refractivity contribution is 5.77. The van der Waals surface area contributed by atoms with Crippen molar-refractivity contribution in [3.05, 3.63) is 59.7 Å². The second kappa shape index (κ2) is 9.14. The van der Waals surface area contributed by atoms with E-state index in [0.29, 0.717) is 12.5 Å². The third-order valence-corrected chi connectivity index (χ3v) is 7.54. The first-order valence-electron chi connectivity index (χ1n) is 12.1. The summed E-state index contributed by atoms with van der Waals surface area (Å²) in [6.45, 7) is 2.97. The molecule has 1 aliphatic carbocycles. The van der Waals surface area contributed by atoms with E-state index in [1.807, 2.05) is 18.2 Å². The van der Waals surface area contributed by atoms with Gasteiger partial charge < -0.3 is 14.8 Å². The van der Waals surface area contributed by atoms with Gasteiger partial charge in [0, 0.05) is 38.0 Å². The molecule has 1 saturated heterocycles. The third-order valence-electron chi connectivity index (χ3n) is 7.54. The number of carbonyl (C=O) groups excluding carboxylic acids is 1. The molecule has 170 valence electrons. The Morgan fingerprint density at radius 2 is 1.88 bits per heavy atom. The van der Waals surface area contributed by atoms with E-state index in [1.165, 1.54) is 17.5 Å². The summed E-state index contributed by atoms with van der Waals surface area (Å²) in [7, 11) is 1.70. The van der Waals surface area contributed by atoms with E-state index < -0.39 is 0 Å². The van der Waals surface area contributed by atoms with Gasteiger partial charge in [-0.15, -0.1) is 0 Å². The lowest BCUT2D eigenvalue weighted by atomic mass is 9.76. The Hall–Kier alpha value is -2.53. The van der Waals surface area contributed by atoms with Crippen LogP contribution in [0.5, 0.6) is 11.5 Å². The van der Waals surface area contributed by atoms with Crippen molar-refractivity contribution >= 4 is 5.91 Å². The molecule has 32 heavy (non-hydrogen) atoms. The second-order valence-electron chi connectivity index (χ2n) is 9.75. The Bertz CT molecular complexity index is 930. The number of rotatable bonds is 6. The molecule has 3 aliphatic rings. The molecule has 2 heterocycles. The van der Waals surface area contributed by atoms with E-state index in [-0.39, 0.29) is 17.4 Å². The predicted octanol–water partition coefficient (Wildman–Crippen LogP) is 4.65. The number of piperidine rings is 1. The monoisotopic (exact) mass is 434 g/mol. The smallest absolute Gasteiger partial charge is 0.220 e. The Morgan fingerprint density at radius 1 is 1.12 bits per heavy atom. The van der Waals surface area contributed by atoms with E-state index >= 15 is 0 Å². The Labute approximate surface area is 191 Å². The molecule has 1 spiro atoms. The average Bonchev–Trinajstić information content (AvgIpc) is 2.78. The lowest BCUT2D eigenvalue weighted by molar-refractivity contribution is -0.123. The Morgan fingerprint density at radius 3 is 2.56 bits per heavy atom. The molecule has 2 aliphatic heterocycles. The predicted molar refractivity (Wildman–Crippen MR) is 125 cm³/mol. The number of hydrogen-bond donors (Lipinski definition) is 1. The van der Waals surface area contributed by atoms with Crippen molar-refractivity contribution in [2.45, 2.75) is 69.1 Å². The van der Waals surface area contributed by atoms with E-state index in [2.05, 4.69) is 40.5 Å². The summed E-state index contributed by atoms with van der Waals surface area (Å²) >= 11 is 0. The number of benzene rings is 2. The van der Waals surface area contributed by atoms with Gasteiger partial charge >= 0.3 is 0 Å². The minimum absolute atomic E-state index is 0.161. The molecule has 2 aromatic carbocycles. The molecule has 2 aromatic rings. The molecule has 0 radical (unpaired) electrons. The van der Waals surface area contributed by atoms with Crippen LogP contribution in [-0.4, -0.2) is 42.6 Å². The Balaban J connectivity index is 1.24. The summed E-state index contributed by atoms with van der Waals surface area (Å²) in [6, 6.07) is 17.1. The van der Waals surface area contributed by atoms with Gasteiger partial charge in [0.2, 0.25) is 5.91 Å². The fourth-order valence-electron chi connectivity index (χ4n) is 5.40. The molecular weight excluding hydrogens is 400 g/mol. The largest absolute Gasteiger partial charge is 0.497 e. The fraction of sp³-hybridized carbons (Fsp3) is 0.519. The number of nitrogens with zero attached hydrogens (tertiary/aromatic N) is 1. The minimum Gasteiger partial charge on any atom is -0.497 e. The highest BCUT2D eigenvalue weighted by Gasteiger charge is 2.43. The molecule has 5 heteroatoms. The summed E-state index contributed by atoms with van der Waals surface area (Å²) in [5.74, 6) is 2.30. The van der Waals surface area contributed by atoms with Crippen molar-refractivity contribution in [2.75, 3.05) is 20.2 Å². The zero-order valence-corrected chi connectivity index (χ0v) is 19.0. The van der Waals surface area contributed by atoms with E-state index in [9.17, 15) is 4.79 Å².